The summed E-state index contributed by atoms with van der Waals surface area (Å²) < 4.78 is 0. The zero-order valence-corrected chi connectivity index (χ0v) is 42.3. The zero-order chi connectivity index (χ0) is 49.3. The van der Waals surface area contributed by atoms with Crippen molar-refractivity contribution >= 4 is 35.5 Å². The quantitative estimate of drug-likeness (QED) is 0.0730. The topological polar surface area (TPSA) is 183 Å². The molecule has 4 aliphatic carbocycles. The number of benzene rings is 2. The van der Waals surface area contributed by atoms with Gasteiger partial charge in [-0.1, -0.05) is 122 Å². The highest BCUT2D eigenvalue weighted by Gasteiger charge is 2.60. The van der Waals surface area contributed by atoms with Crippen molar-refractivity contribution in [3.05, 3.63) is 71.8 Å². The van der Waals surface area contributed by atoms with Gasteiger partial charge in [-0.2, -0.15) is 0 Å². The summed E-state index contributed by atoms with van der Waals surface area (Å²) in [5.41, 5.74) is 2.31. The lowest BCUT2D eigenvalue weighted by molar-refractivity contribution is -0.141. The van der Waals surface area contributed by atoms with Crippen LogP contribution in [0.25, 0.3) is 0 Å². The molecule has 374 valence electrons. The molecule has 68 heavy (non-hydrogen) atoms. The van der Waals surface area contributed by atoms with Crippen LogP contribution in [0.3, 0.4) is 0 Å². The van der Waals surface area contributed by atoms with Crippen LogP contribution in [0.4, 0.5) is 0 Å². The SMILES string of the molecule is CC(C)C[C@H](NC(=O)CC[C@@H](C)[C@H]1CC[C@H]2[C@@H]3CCC4CCCC[C@]4(C)[C@H]3CC[C@]12C)C(=O)N[C@H](C(=O)N[C@@H](Cc1ccccc1)C(=O)N[C@@H](Cc1ccccc1)C(=O)N[C@@H](C)C(=O)O)C(C)C. The van der Waals surface area contributed by atoms with E-state index in [2.05, 4.69) is 47.4 Å². The Morgan fingerprint density at radius 3 is 1.76 bits per heavy atom. The Kier molecular flexibility index (Phi) is 18.0. The van der Waals surface area contributed by atoms with Gasteiger partial charge in [0, 0.05) is 19.3 Å². The van der Waals surface area contributed by atoms with E-state index in [0.717, 1.165) is 41.2 Å². The summed E-state index contributed by atoms with van der Waals surface area (Å²) in [6.45, 7) is 16.5. The number of amides is 5. The molecule has 0 radical (unpaired) electrons. The van der Waals surface area contributed by atoms with Crippen molar-refractivity contribution in [3.8, 4) is 0 Å². The molecule has 12 nitrogen and oxygen atoms in total. The van der Waals surface area contributed by atoms with Crippen molar-refractivity contribution in [1.82, 2.24) is 26.6 Å². The van der Waals surface area contributed by atoms with E-state index < -0.39 is 65.7 Å². The number of carboxylic acids is 1. The smallest absolute Gasteiger partial charge is 0.325 e. The molecule has 4 fully saturated rings. The van der Waals surface area contributed by atoms with Crippen LogP contribution in [-0.2, 0) is 41.6 Å². The van der Waals surface area contributed by atoms with Crippen molar-refractivity contribution in [3.63, 3.8) is 0 Å². The molecule has 0 heterocycles. The molecule has 6 N–H and O–H groups in total. The third-order valence-corrected chi connectivity index (χ3v) is 17.3. The van der Waals surface area contributed by atoms with Crippen LogP contribution in [0, 0.1) is 58.2 Å². The standard InChI is InChI=1S/C56H83N5O7/c1-34(2)31-45(58-48(62)27-22-36(5)42-25-26-43-41-24-23-40-21-15-16-29-55(40,7)44(41)28-30-56(42,43)8)52(65)61-49(35(3)4)53(66)60-47(33-39-19-13-10-14-20-39)51(64)59-46(32-38-17-11-9-12-18-38)50(63)57-37(6)54(67)68/h9-14,17-20,34-37,40-47,49H,15-16,21-33H2,1-8H3,(H,57,63)(H,58,62)(H,59,64)(H,60,66)(H,61,65)(H,67,68)/t36-,37+,40?,41+,42-,43+,44+,45+,46+,47+,49+,55+,56-/m1/s1. The lowest BCUT2D eigenvalue weighted by Gasteiger charge is -2.61. The predicted octanol–water partition coefficient (Wildman–Crippen LogP) is 8.17. The number of fused-ring (bicyclic) bond motifs is 5. The second kappa shape index (κ2) is 23.2. The first-order valence-electron chi connectivity index (χ1n) is 26.1. The number of carbonyl (C=O) groups excluding carboxylic acids is 5. The van der Waals surface area contributed by atoms with Gasteiger partial charge in [-0.3, -0.25) is 28.8 Å². The molecule has 4 saturated carbocycles. The van der Waals surface area contributed by atoms with E-state index in [1.165, 1.54) is 71.1 Å². The van der Waals surface area contributed by atoms with Gasteiger partial charge in [0.25, 0.3) is 0 Å². The molecular weight excluding hydrogens is 855 g/mol. The first-order chi connectivity index (χ1) is 32.3. The highest BCUT2D eigenvalue weighted by Crippen LogP contribution is 2.68. The lowest BCUT2D eigenvalue weighted by Crippen LogP contribution is -2.60. The Bertz CT molecular complexity index is 2050. The molecule has 13 atom stereocenters. The number of carboxylic acid groups (broad SMARTS) is 1. The van der Waals surface area contributed by atoms with Crippen molar-refractivity contribution in [2.75, 3.05) is 0 Å². The highest BCUT2D eigenvalue weighted by molar-refractivity contribution is 5.96. The van der Waals surface area contributed by atoms with Gasteiger partial charge in [0.2, 0.25) is 29.5 Å². The van der Waals surface area contributed by atoms with Crippen LogP contribution in [0.5, 0.6) is 0 Å². The number of rotatable bonds is 21. The largest absolute Gasteiger partial charge is 0.480 e. The van der Waals surface area contributed by atoms with E-state index in [1.54, 1.807) is 38.1 Å². The van der Waals surface area contributed by atoms with Crippen LogP contribution < -0.4 is 26.6 Å². The fraction of sp³-hybridized carbons (Fsp3) is 0.679. The minimum Gasteiger partial charge on any atom is -0.480 e. The van der Waals surface area contributed by atoms with Crippen molar-refractivity contribution in [2.45, 2.75) is 182 Å². The van der Waals surface area contributed by atoms with Crippen molar-refractivity contribution < 1.29 is 33.9 Å². The Balaban J connectivity index is 1.09. The fourth-order valence-electron chi connectivity index (χ4n) is 13.6. The summed E-state index contributed by atoms with van der Waals surface area (Å²) >= 11 is 0. The molecule has 4 aliphatic rings. The van der Waals surface area contributed by atoms with Crippen molar-refractivity contribution in [1.29, 1.82) is 0 Å². The van der Waals surface area contributed by atoms with Gasteiger partial charge in [-0.25, -0.2) is 0 Å². The molecule has 0 saturated heterocycles. The van der Waals surface area contributed by atoms with Crippen LogP contribution in [0.1, 0.15) is 150 Å². The maximum atomic E-state index is 14.3. The summed E-state index contributed by atoms with van der Waals surface area (Å²) in [7, 11) is 0. The number of nitrogens with one attached hydrogen (secondary N) is 5. The number of hydrogen-bond donors (Lipinski definition) is 6. The second-order valence-corrected chi connectivity index (χ2v) is 22.7. The average Bonchev–Trinajstić information content (AvgIpc) is 3.66. The van der Waals surface area contributed by atoms with Crippen LogP contribution in [0.15, 0.2) is 60.7 Å². The molecule has 5 amide bonds. The van der Waals surface area contributed by atoms with Gasteiger partial charge in [0.1, 0.15) is 30.2 Å². The average molecular weight is 938 g/mol. The first-order valence-corrected chi connectivity index (χ1v) is 26.1. The Labute approximate surface area is 406 Å². The maximum absolute atomic E-state index is 14.3. The molecule has 0 aliphatic heterocycles. The summed E-state index contributed by atoms with van der Waals surface area (Å²) in [6.07, 6.45) is 15.2. The maximum Gasteiger partial charge on any atom is 0.325 e. The van der Waals surface area contributed by atoms with E-state index >= 15 is 0 Å². The normalized spacial score (nSPS) is 28.0. The van der Waals surface area contributed by atoms with Crippen molar-refractivity contribution in [2.24, 2.45) is 58.2 Å². The summed E-state index contributed by atoms with van der Waals surface area (Å²) in [5.74, 6) is 0.253. The Morgan fingerprint density at radius 1 is 0.603 bits per heavy atom. The van der Waals surface area contributed by atoms with Gasteiger partial charge >= 0.3 is 5.97 Å². The third kappa shape index (κ3) is 12.7. The number of carbonyl (C=O) groups is 6. The molecule has 0 spiro atoms. The lowest BCUT2D eigenvalue weighted by atomic mass is 9.44. The van der Waals surface area contributed by atoms with E-state index in [4.69, 9.17) is 0 Å². The molecular formula is C56H83N5O7. The minimum atomic E-state index is -1.22. The van der Waals surface area contributed by atoms with E-state index in [1.807, 2.05) is 50.2 Å². The van der Waals surface area contributed by atoms with Crippen LogP contribution in [-0.4, -0.2) is 70.8 Å². The molecule has 0 bridgehead atoms. The highest BCUT2D eigenvalue weighted by atomic mass is 16.4. The van der Waals surface area contributed by atoms with E-state index in [0.29, 0.717) is 35.5 Å². The summed E-state index contributed by atoms with van der Waals surface area (Å²) in [5, 5.41) is 23.6. The van der Waals surface area contributed by atoms with Gasteiger partial charge < -0.3 is 31.7 Å². The van der Waals surface area contributed by atoms with E-state index in [9.17, 15) is 33.9 Å². The second-order valence-electron chi connectivity index (χ2n) is 22.7. The first kappa shape index (κ1) is 52.6. The van der Waals surface area contributed by atoms with Gasteiger partial charge in [-0.15, -0.1) is 0 Å². The predicted molar refractivity (Wildman–Crippen MR) is 266 cm³/mol. The summed E-state index contributed by atoms with van der Waals surface area (Å²) in [6, 6.07) is 12.7. The Hall–Kier alpha value is -4.74. The summed E-state index contributed by atoms with van der Waals surface area (Å²) in [4.78, 5) is 81.6. The van der Waals surface area contributed by atoms with E-state index in [-0.39, 0.29) is 24.7 Å². The monoisotopic (exact) mass is 938 g/mol. The molecule has 2 aromatic carbocycles. The third-order valence-electron chi connectivity index (χ3n) is 17.3. The van der Waals surface area contributed by atoms with Gasteiger partial charge in [0.05, 0.1) is 0 Å². The minimum absolute atomic E-state index is 0.0738. The Morgan fingerprint density at radius 2 is 1.18 bits per heavy atom. The fourth-order valence-corrected chi connectivity index (χ4v) is 13.6. The van der Waals surface area contributed by atoms with Crippen LogP contribution in [0.2, 0.25) is 0 Å². The molecule has 6 rings (SSSR count). The van der Waals surface area contributed by atoms with Gasteiger partial charge in [-0.05, 0) is 140 Å². The molecule has 2 aromatic rings. The molecule has 0 aromatic heterocycles. The van der Waals surface area contributed by atoms with Crippen LogP contribution >= 0.6 is 0 Å². The number of aliphatic carboxylic acids is 1. The zero-order valence-electron chi connectivity index (χ0n) is 42.3. The molecule has 12 heteroatoms. The van der Waals surface area contributed by atoms with Gasteiger partial charge in [0.15, 0.2) is 0 Å². The number of hydrogen-bond acceptors (Lipinski definition) is 6. The molecule has 1 unspecified atom stereocenters.